The van der Waals surface area contributed by atoms with Gasteiger partial charge in [0.1, 0.15) is 0 Å². The largest absolute Gasteiger partial charge is 0.357 e. The number of nitrogens with one attached hydrogen (secondary N) is 2. The third-order valence-electron chi connectivity index (χ3n) is 4.09. The van der Waals surface area contributed by atoms with Crippen molar-refractivity contribution >= 4 is 17.7 Å². The first kappa shape index (κ1) is 18.1. The fourth-order valence-electron chi connectivity index (χ4n) is 2.84. The molecule has 0 spiro atoms. The van der Waals surface area contributed by atoms with Crippen molar-refractivity contribution in [1.82, 2.24) is 15.5 Å². The van der Waals surface area contributed by atoms with E-state index in [1.54, 1.807) is 0 Å². The molecule has 1 aliphatic rings. The molecule has 23 heavy (non-hydrogen) atoms. The van der Waals surface area contributed by atoms with Crippen molar-refractivity contribution in [3.8, 4) is 0 Å². The van der Waals surface area contributed by atoms with E-state index in [-0.39, 0.29) is 0 Å². The summed E-state index contributed by atoms with van der Waals surface area (Å²) in [6.07, 6.45) is 4.48. The second-order valence-electron chi connectivity index (χ2n) is 5.93. The van der Waals surface area contributed by atoms with Crippen LogP contribution in [-0.4, -0.2) is 55.1 Å². The molecule has 0 radical (unpaired) electrons. The number of guanidine groups is 1. The van der Waals surface area contributed by atoms with Crippen LogP contribution in [0.5, 0.6) is 0 Å². The molecule has 0 atom stereocenters. The van der Waals surface area contributed by atoms with Gasteiger partial charge < -0.3 is 10.6 Å². The number of benzene rings is 1. The summed E-state index contributed by atoms with van der Waals surface area (Å²) >= 11 is 1.84. The Labute approximate surface area is 145 Å². The van der Waals surface area contributed by atoms with Gasteiger partial charge in [0.25, 0.3) is 0 Å². The van der Waals surface area contributed by atoms with Crippen molar-refractivity contribution in [3.63, 3.8) is 0 Å². The van der Waals surface area contributed by atoms with Crippen LogP contribution in [-0.2, 0) is 6.54 Å². The highest BCUT2D eigenvalue weighted by Gasteiger charge is 2.19. The summed E-state index contributed by atoms with van der Waals surface area (Å²) in [5.74, 6) is 2.05. The highest BCUT2D eigenvalue weighted by atomic mass is 32.2. The molecule has 4 nitrogen and oxygen atoms in total. The summed E-state index contributed by atoms with van der Waals surface area (Å²) in [6.45, 7) is 7.28. The maximum atomic E-state index is 4.64. The predicted molar refractivity (Wildman–Crippen MR) is 102 cm³/mol. The van der Waals surface area contributed by atoms with Crippen molar-refractivity contribution in [2.45, 2.75) is 32.4 Å². The zero-order valence-corrected chi connectivity index (χ0v) is 15.2. The highest BCUT2D eigenvalue weighted by molar-refractivity contribution is 7.98. The normalized spacial score (nSPS) is 17.2. The van der Waals surface area contributed by atoms with Crippen molar-refractivity contribution in [2.75, 3.05) is 38.2 Å². The quantitative estimate of drug-likeness (QED) is 0.457. The number of thioether (sulfide) groups is 1. The predicted octanol–water partition coefficient (Wildman–Crippen LogP) is 2.57. The zero-order valence-electron chi connectivity index (χ0n) is 14.4. The molecule has 5 heteroatoms. The topological polar surface area (TPSA) is 39.7 Å². The van der Waals surface area contributed by atoms with E-state index in [1.807, 2.05) is 11.8 Å². The van der Waals surface area contributed by atoms with Crippen LogP contribution < -0.4 is 10.6 Å². The summed E-state index contributed by atoms with van der Waals surface area (Å²) < 4.78 is 0. The molecule has 2 rings (SSSR count). The molecule has 128 valence electrons. The van der Waals surface area contributed by atoms with Crippen molar-refractivity contribution < 1.29 is 0 Å². The molecule has 1 saturated heterocycles. The highest BCUT2D eigenvalue weighted by Crippen LogP contribution is 2.13. The van der Waals surface area contributed by atoms with Crippen LogP contribution in [0.25, 0.3) is 0 Å². The fourth-order valence-corrected chi connectivity index (χ4v) is 3.11. The third kappa shape index (κ3) is 6.83. The van der Waals surface area contributed by atoms with Gasteiger partial charge in [-0.3, -0.25) is 9.89 Å². The molecule has 0 saturated carbocycles. The van der Waals surface area contributed by atoms with Gasteiger partial charge in [0.15, 0.2) is 5.96 Å². The molecule has 2 N–H and O–H groups in total. The molecule has 0 amide bonds. The van der Waals surface area contributed by atoms with Gasteiger partial charge in [0, 0.05) is 38.0 Å². The summed E-state index contributed by atoms with van der Waals surface area (Å²) in [4.78, 5) is 7.19. The minimum atomic E-state index is 0.536. The van der Waals surface area contributed by atoms with Crippen molar-refractivity contribution in [2.24, 2.45) is 4.99 Å². The summed E-state index contributed by atoms with van der Waals surface area (Å²) in [7, 11) is 0. The van der Waals surface area contributed by atoms with Gasteiger partial charge in [-0.1, -0.05) is 30.3 Å². The van der Waals surface area contributed by atoms with Crippen LogP contribution >= 0.6 is 11.8 Å². The Morgan fingerprint density at radius 2 is 2.00 bits per heavy atom. The number of hydrogen-bond donors (Lipinski definition) is 2. The maximum Gasteiger partial charge on any atom is 0.191 e. The van der Waals surface area contributed by atoms with E-state index in [0.29, 0.717) is 6.04 Å². The summed E-state index contributed by atoms with van der Waals surface area (Å²) in [5, 5.41) is 6.96. The maximum absolute atomic E-state index is 4.64. The Balaban J connectivity index is 1.75. The monoisotopic (exact) mass is 334 g/mol. The molecular formula is C18H30N4S. The number of nitrogens with zero attached hydrogens (tertiary/aromatic N) is 2. The molecule has 1 heterocycles. The lowest BCUT2D eigenvalue weighted by atomic mass is 10.0. The number of rotatable bonds is 7. The summed E-state index contributed by atoms with van der Waals surface area (Å²) in [6, 6.07) is 11.3. The van der Waals surface area contributed by atoms with Crippen LogP contribution in [0.4, 0.5) is 0 Å². The summed E-state index contributed by atoms with van der Waals surface area (Å²) in [5.41, 5.74) is 1.41. The van der Waals surface area contributed by atoms with Gasteiger partial charge in [0.05, 0.1) is 6.54 Å². The van der Waals surface area contributed by atoms with Crippen LogP contribution in [0.15, 0.2) is 35.3 Å². The molecule has 0 unspecified atom stereocenters. The Morgan fingerprint density at radius 3 is 2.65 bits per heavy atom. The minimum Gasteiger partial charge on any atom is -0.357 e. The van der Waals surface area contributed by atoms with Crippen molar-refractivity contribution in [3.05, 3.63) is 35.9 Å². The van der Waals surface area contributed by atoms with Crippen molar-refractivity contribution in [1.29, 1.82) is 0 Å². The van der Waals surface area contributed by atoms with Crippen LogP contribution in [0.2, 0.25) is 0 Å². The molecule has 1 aliphatic heterocycles. The van der Waals surface area contributed by atoms with E-state index >= 15 is 0 Å². The second-order valence-corrected chi connectivity index (χ2v) is 6.92. The van der Waals surface area contributed by atoms with Gasteiger partial charge in [-0.05, 0) is 31.6 Å². The van der Waals surface area contributed by atoms with Gasteiger partial charge >= 0.3 is 0 Å². The molecule has 0 bridgehead atoms. The number of likely N-dealkylation sites (tertiary alicyclic amines) is 1. The zero-order chi connectivity index (χ0) is 16.3. The lowest BCUT2D eigenvalue weighted by molar-refractivity contribution is 0.198. The average molecular weight is 335 g/mol. The van der Waals surface area contributed by atoms with E-state index in [0.717, 1.165) is 44.4 Å². The Hall–Kier alpha value is -1.20. The van der Waals surface area contributed by atoms with Gasteiger partial charge in [-0.2, -0.15) is 11.8 Å². The minimum absolute atomic E-state index is 0.536. The Bertz CT molecular complexity index is 455. The first-order valence-corrected chi connectivity index (χ1v) is 10.0. The van der Waals surface area contributed by atoms with Gasteiger partial charge in [-0.15, -0.1) is 0 Å². The van der Waals surface area contributed by atoms with Crippen LogP contribution in [0.1, 0.15) is 25.3 Å². The van der Waals surface area contributed by atoms with E-state index in [1.165, 1.54) is 18.4 Å². The fraction of sp³-hybridized carbons (Fsp3) is 0.611. The Kier molecular flexibility index (Phi) is 8.32. The molecule has 0 aromatic heterocycles. The van der Waals surface area contributed by atoms with E-state index < -0.39 is 0 Å². The second kappa shape index (κ2) is 10.6. The number of hydrogen-bond acceptors (Lipinski definition) is 3. The lowest BCUT2D eigenvalue weighted by Crippen LogP contribution is -2.48. The molecule has 1 aromatic rings. The first-order chi connectivity index (χ1) is 11.3. The van der Waals surface area contributed by atoms with E-state index in [9.17, 15) is 0 Å². The number of aliphatic imine (C=N–C) groups is 1. The molecule has 0 aliphatic carbocycles. The molecule has 1 fully saturated rings. The third-order valence-corrected chi connectivity index (χ3v) is 4.68. The molecular weight excluding hydrogens is 304 g/mol. The average Bonchev–Trinajstić information content (AvgIpc) is 2.58. The SMILES string of the molecule is CCNC(=NCCSC)NC1CCN(Cc2ccccc2)CC1. The van der Waals surface area contributed by atoms with Gasteiger partial charge in [-0.25, -0.2) is 0 Å². The van der Waals surface area contributed by atoms with Gasteiger partial charge in [0.2, 0.25) is 0 Å². The number of piperidine rings is 1. The smallest absolute Gasteiger partial charge is 0.191 e. The first-order valence-electron chi connectivity index (χ1n) is 8.62. The lowest BCUT2D eigenvalue weighted by Gasteiger charge is -2.33. The van der Waals surface area contributed by atoms with E-state index in [4.69, 9.17) is 0 Å². The van der Waals surface area contributed by atoms with E-state index in [2.05, 4.69) is 64.0 Å². The molecule has 1 aromatic carbocycles. The van der Waals surface area contributed by atoms with Crippen LogP contribution in [0.3, 0.4) is 0 Å². The Morgan fingerprint density at radius 1 is 1.26 bits per heavy atom. The van der Waals surface area contributed by atoms with Crippen LogP contribution in [0, 0.1) is 0 Å². The standard InChI is InChI=1S/C18H30N4S/c1-3-19-18(20-11-14-23-2)21-17-9-12-22(13-10-17)15-16-7-5-4-6-8-16/h4-8,17H,3,9-15H2,1-2H3,(H2,19,20,21).